The van der Waals surface area contributed by atoms with Crippen molar-refractivity contribution < 1.29 is 19.2 Å². The molecule has 1 heterocycles. The van der Waals surface area contributed by atoms with E-state index in [1.54, 1.807) is 12.1 Å². The Hall–Kier alpha value is -2.76. The molecule has 2 N–H and O–H groups in total. The van der Waals surface area contributed by atoms with Gasteiger partial charge in [0.1, 0.15) is 11.5 Å². The van der Waals surface area contributed by atoms with E-state index in [4.69, 9.17) is 9.15 Å². The number of nitrogens with zero attached hydrogens (tertiary/aromatic N) is 1. The second kappa shape index (κ2) is 6.86. The van der Waals surface area contributed by atoms with Gasteiger partial charge in [0.25, 0.3) is 5.91 Å². The quantitative estimate of drug-likeness (QED) is 0.628. The van der Waals surface area contributed by atoms with Crippen LogP contribution < -0.4 is 10.1 Å². The summed E-state index contributed by atoms with van der Waals surface area (Å²) >= 11 is 0. The highest BCUT2D eigenvalue weighted by Gasteiger charge is 2.36. The zero-order chi connectivity index (χ0) is 18.9. The molecule has 6 heteroatoms. The number of hydrogen-bond acceptors (Lipinski definition) is 5. The molecule has 0 spiro atoms. The van der Waals surface area contributed by atoms with Gasteiger partial charge in [-0.05, 0) is 37.8 Å². The van der Waals surface area contributed by atoms with Gasteiger partial charge in [0.2, 0.25) is 0 Å². The number of fused-ring (bicyclic) bond motifs is 1. The number of hydrogen-bond donors (Lipinski definition) is 2. The van der Waals surface area contributed by atoms with Crippen LogP contribution in [0.4, 0.5) is 5.69 Å². The van der Waals surface area contributed by atoms with Gasteiger partial charge in [-0.2, -0.15) is 0 Å². The van der Waals surface area contributed by atoms with Gasteiger partial charge in [-0.15, -0.1) is 0 Å². The van der Waals surface area contributed by atoms with Crippen LogP contribution in [0.3, 0.4) is 0 Å². The Labute approximate surface area is 152 Å². The third-order valence-electron chi connectivity index (χ3n) is 4.56. The normalized spacial score (nSPS) is 17.0. The molecule has 0 unspecified atom stereocenters. The number of amides is 1. The van der Waals surface area contributed by atoms with Crippen molar-refractivity contribution in [1.82, 2.24) is 0 Å². The number of oxime groups is 1. The molecular formula is C20H24N2O4. The predicted molar refractivity (Wildman–Crippen MR) is 99.4 cm³/mol. The van der Waals surface area contributed by atoms with Crippen molar-refractivity contribution in [3.63, 3.8) is 0 Å². The number of benzene rings is 1. The molecule has 0 saturated heterocycles. The molecule has 0 bridgehead atoms. The van der Waals surface area contributed by atoms with Gasteiger partial charge in [0.05, 0.1) is 18.0 Å². The standard InChI is InChI=1S/C20H24N2O4/c1-5-25-15-9-7-6-8-13(15)21-19(23)18-12(2)17-14(22-24)10-20(3,4)11-16(17)26-18/h6-9,24H,5,10-11H2,1-4H3,(H,21,23)/b22-14-. The maximum absolute atomic E-state index is 12.8. The second-order valence-electron chi connectivity index (χ2n) is 7.30. The van der Waals surface area contributed by atoms with Crippen molar-refractivity contribution in [2.45, 2.75) is 40.5 Å². The lowest BCUT2D eigenvalue weighted by molar-refractivity contribution is 0.0992. The lowest BCUT2D eigenvalue weighted by Crippen LogP contribution is -2.27. The molecule has 0 fully saturated rings. The van der Waals surface area contributed by atoms with Gasteiger partial charge in [-0.3, -0.25) is 4.79 Å². The summed E-state index contributed by atoms with van der Waals surface area (Å²) in [5, 5.41) is 15.7. The van der Waals surface area contributed by atoms with Crippen LogP contribution in [0.25, 0.3) is 0 Å². The molecule has 26 heavy (non-hydrogen) atoms. The van der Waals surface area contributed by atoms with E-state index < -0.39 is 0 Å². The van der Waals surface area contributed by atoms with Crippen molar-refractivity contribution in [3.05, 3.63) is 46.9 Å². The summed E-state index contributed by atoms with van der Waals surface area (Å²) in [6, 6.07) is 7.27. The van der Waals surface area contributed by atoms with Gasteiger partial charge in [0, 0.05) is 17.5 Å². The van der Waals surface area contributed by atoms with Gasteiger partial charge in [-0.1, -0.05) is 31.1 Å². The van der Waals surface area contributed by atoms with Crippen LogP contribution in [-0.2, 0) is 6.42 Å². The Morgan fingerprint density at radius 1 is 1.35 bits per heavy atom. The summed E-state index contributed by atoms with van der Waals surface area (Å²) in [5.74, 6) is 1.19. The summed E-state index contributed by atoms with van der Waals surface area (Å²) < 4.78 is 11.4. The van der Waals surface area contributed by atoms with Crippen LogP contribution in [0.2, 0.25) is 0 Å². The Morgan fingerprint density at radius 2 is 2.08 bits per heavy atom. The zero-order valence-electron chi connectivity index (χ0n) is 15.5. The third kappa shape index (κ3) is 3.31. The smallest absolute Gasteiger partial charge is 0.291 e. The minimum absolute atomic E-state index is 0.0891. The highest BCUT2D eigenvalue weighted by Crippen LogP contribution is 2.39. The summed E-state index contributed by atoms with van der Waals surface area (Å²) in [7, 11) is 0. The van der Waals surface area contributed by atoms with Crippen LogP contribution in [0.5, 0.6) is 5.75 Å². The molecule has 1 amide bonds. The topological polar surface area (TPSA) is 84.1 Å². The van der Waals surface area contributed by atoms with Crippen LogP contribution in [0.1, 0.15) is 54.6 Å². The second-order valence-corrected chi connectivity index (χ2v) is 7.30. The molecule has 1 aromatic heterocycles. The molecule has 1 aliphatic rings. The molecule has 0 aliphatic heterocycles. The lowest BCUT2D eigenvalue weighted by Gasteiger charge is -2.28. The average molecular weight is 356 g/mol. The van der Waals surface area contributed by atoms with E-state index in [2.05, 4.69) is 24.3 Å². The molecule has 1 aliphatic carbocycles. The van der Waals surface area contributed by atoms with Crippen molar-refractivity contribution >= 4 is 17.3 Å². The fourth-order valence-electron chi connectivity index (χ4n) is 3.45. The number of ether oxygens (including phenoxy) is 1. The maximum Gasteiger partial charge on any atom is 0.291 e. The van der Waals surface area contributed by atoms with E-state index in [-0.39, 0.29) is 17.1 Å². The molecule has 0 saturated carbocycles. The molecular weight excluding hydrogens is 332 g/mol. The molecule has 138 valence electrons. The Bertz CT molecular complexity index is 865. The first kappa shape index (κ1) is 18.0. The fraction of sp³-hybridized carbons (Fsp3) is 0.400. The van der Waals surface area contributed by atoms with Gasteiger partial charge >= 0.3 is 0 Å². The lowest BCUT2D eigenvalue weighted by atomic mass is 9.75. The Balaban J connectivity index is 1.94. The van der Waals surface area contributed by atoms with Crippen molar-refractivity contribution in [1.29, 1.82) is 0 Å². The van der Waals surface area contributed by atoms with E-state index in [0.29, 0.717) is 47.9 Å². The third-order valence-corrected chi connectivity index (χ3v) is 4.56. The van der Waals surface area contributed by atoms with Gasteiger partial charge in [-0.25, -0.2) is 0 Å². The maximum atomic E-state index is 12.8. The van der Waals surface area contributed by atoms with E-state index in [9.17, 15) is 10.0 Å². The summed E-state index contributed by atoms with van der Waals surface area (Å²) in [5.41, 5.74) is 2.49. The predicted octanol–water partition coefficient (Wildman–Crippen LogP) is 4.39. The van der Waals surface area contributed by atoms with E-state index in [0.717, 1.165) is 5.56 Å². The number of para-hydroxylation sites is 2. The molecule has 3 rings (SSSR count). The largest absolute Gasteiger partial charge is 0.492 e. The van der Waals surface area contributed by atoms with Crippen LogP contribution in [0, 0.1) is 12.3 Å². The van der Waals surface area contributed by atoms with Crippen molar-refractivity contribution in [2.75, 3.05) is 11.9 Å². The van der Waals surface area contributed by atoms with Gasteiger partial charge < -0.3 is 19.7 Å². The number of carbonyl (C=O) groups excluding carboxylic acids is 1. The molecule has 1 aromatic carbocycles. The molecule has 2 aromatic rings. The summed E-state index contributed by atoms with van der Waals surface area (Å²) in [6.07, 6.45) is 1.32. The number of furan rings is 1. The van der Waals surface area contributed by atoms with E-state index in [1.165, 1.54) is 0 Å². The van der Waals surface area contributed by atoms with Crippen LogP contribution >= 0.6 is 0 Å². The number of nitrogens with one attached hydrogen (secondary N) is 1. The number of anilines is 1. The zero-order valence-corrected chi connectivity index (χ0v) is 15.5. The number of carbonyl (C=O) groups is 1. The first-order chi connectivity index (χ1) is 12.4. The SMILES string of the molecule is CCOc1ccccc1NC(=O)c1oc2c(c1C)/C(=N\O)CC(C)(C)C2. The van der Waals surface area contributed by atoms with Crippen molar-refractivity contribution in [3.8, 4) is 5.75 Å². The summed E-state index contributed by atoms with van der Waals surface area (Å²) in [4.78, 5) is 12.8. The number of rotatable bonds is 4. The fourth-order valence-corrected chi connectivity index (χ4v) is 3.45. The van der Waals surface area contributed by atoms with E-state index in [1.807, 2.05) is 26.0 Å². The Morgan fingerprint density at radius 3 is 2.77 bits per heavy atom. The first-order valence-electron chi connectivity index (χ1n) is 8.73. The minimum Gasteiger partial charge on any atom is -0.492 e. The first-order valence-corrected chi connectivity index (χ1v) is 8.73. The van der Waals surface area contributed by atoms with Crippen LogP contribution in [-0.4, -0.2) is 23.4 Å². The van der Waals surface area contributed by atoms with Gasteiger partial charge in [0.15, 0.2) is 5.76 Å². The van der Waals surface area contributed by atoms with E-state index >= 15 is 0 Å². The highest BCUT2D eigenvalue weighted by molar-refractivity contribution is 6.09. The molecule has 0 atom stereocenters. The van der Waals surface area contributed by atoms with Crippen molar-refractivity contribution in [2.24, 2.45) is 10.6 Å². The molecule has 0 radical (unpaired) electrons. The minimum atomic E-state index is -0.348. The molecule has 6 nitrogen and oxygen atoms in total. The van der Waals surface area contributed by atoms with Crippen LogP contribution in [0.15, 0.2) is 33.8 Å². The average Bonchev–Trinajstić information content (AvgIpc) is 2.91. The Kier molecular flexibility index (Phi) is 4.76. The monoisotopic (exact) mass is 356 g/mol. The summed E-state index contributed by atoms with van der Waals surface area (Å²) in [6.45, 7) is 8.37. The highest BCUT2D eigenvalue weighted by atomic mass is 16.5.